The first-order valence-corrected chi connectivity index (χ1v) is 10.1. The molecule has 0 radical (unpaired) electrons. The van der Waals surface area contributed by atoms with Gasteiger partial charge in [-0.25, -0.2) is 9.97 Å². The van der Waals surface area contributed by atoms with Crippen LogP contribution in [0, 0.1) is 0 Å². The van der Waals surface area contributed by atoms with E-state index in [-0.39, 0.29) is 5.91 Å². The van der Waals surface area contributed by atoms with Crippen LogP contribution in [0.5, 0.6) is 0 Å². The Hall–Kier alpha value is -1.94. The quantitative estimate of drug-likeness (QED) is 0.755. The molecule has 0 aromatic carbocycles. The number of nitrogens with zero attached hydrogens (tertiary/aromatic N) is 6. The fourth-order valence-electron chi connectivity index (χ4n) is 2.55. The van der Waals surface area contributed by atoms with Crippen molar-refractivity contribution < 1.29 is 4.79 Å². The fourth-order valence-corrected chi connectivity index (χ4v) is 4.29. The first-order valence-electron chi connectivity index (χ1n) is 8.30. The molecule has 0 atom stereocenters. The Bertz CT molecular complexity index is 714. The molecule has 1 amide bonds. The Morgan fingerprint density at radius 1 is 1.20 bits per heavy atom. The monoisotopic (exact) mass is 377 g/mol. The van der Waals surface area contributed by atoms with Crippen LogP contribution in [0.4, 0.5) is 11.1 Å². The summed E-state index contributed by atoms with van der Waals surface area (Å²) in [5, 5.41) is 12.4. The Morgan fingerprint density at radius 2 is 1.96 bits per heavy atom. The first kappa shape index (κ1) is 16.5. The largest absolute Gasteiger partial charge is 0.357 e. The van der Waals surface area contributed by atoms with Gasteiger partial charge < -0.3 is 15.1 Å². The number of carbonyl (C=O) groups excluding carboxylic acids is 1. The third kappa shape index (κ3) is 4.37. The number of nitrogens with one attached hydrogen (secondary N) is 1. The van der Waals surface area contributed by atoms with Crippen molar-refractivity contribution in [3.63, 3.8) is 0 Å². The van der Waals surface area contributed by atoms with E-state index in [4.69, 9.17) is 0 Å². The van der Waals surface area contributed by atoms with Crippen LogP contribution in [-0.2, 0) is 4.79 Å². The highest BCUT2D eigenvalue weighted by atomic mass is 32.2. The van der Waals surface area contributed by atoms with Crippen LogP contribution in [0.3, 0.4) is 0 Å². The normalized spacial score (nSPS) is 17.6. The van der Waals surface area contributed by atoms with E-state index < -0.39 is 0 Å². The van der Waals surface area contributed by atoms with Gasteiger partial charge in [0, 0.05) is 44.6 Å². The molecule has 25 heavy (non-hydrogen) atoms. The number of piperazine rings is 1. The maximum Gasteiger partial charge on any atom is 0.233 e. The molecule has 10 heteroatoms. The Morgan fingerprint density at radius 3 is 2.68 bits per heavy atom. The van der Waals surface area contributed by atoms with E-state index in [0.717, 1.165) is 28.5 Å². The second-order valence-electron chi connectivity index (χ2n) is 6.00. The average molecular weight is 377 g/mol. The van der Waals surface area contributed by atoms with E-state index in [1.165, 1.54) is 35.9 Å². The summed E-state index contributed by atoms with van der Waals surface area (Å²) in [5.41, 5.74) is 0. The van der Waals surface area contributed by atoms with Gasteiger partial charge in [0.05, 0.1) is 5.75 Å². The van der Waals surface area contributed by atoms with E-state index in [0.29, 0.717) is 24.9 Å². The molecule has 0 spiro atoms. The van der Waals surface area contributed by atoms with Crippen molar-refractivity contribution in [2.75, 3.05) is 42.1 Å². The van der Waals surface area contributed by atoms with Crippen molar-refractivity contribution in [2.24, 2.45) is 0 Å². The lowest BCUT2D eigenvalue weighted by atomic mass is 10.3. The smallest absolute Gasteiger partial charge is 0.233 e. The van der Waals surface area contributed by atoms with Gasteiger partial charge in [0.25, 0.3) is 0 Å². The minimum absolute atomic E-state index is 0.144. The van der Waals surface area contributed by atoms with Gasteiger partial charge in [-0.2, -0.15) is 0 Å². The maximum atomic E-state index is 12.4. The molecular formula is C15H19N7OS2. The van der Waals surface area contributed by atoms with Crippen molar-refractivity contribution in [2.45, 2.75) is 23.2 Å². The number of aromatic nitrogens is 4. The predicted molar refractivity (Wildman–Crippen MR) is 98.1 cm³/mol. The number of hydrogen-bond acceptors (Lipinski definition) is 9. The number of thioether (sulfide) groups is 1. The van der Waals surface area contributed by atoms with Crippen LogP contribution in [-0.4, -0.2) is 68.9 Å². The Balaban J connectivity index is 1.23. The summed E-state index contributed by atoms with van der Waals surface area (Å²) >= 11 is 2.98. The molecule has 0 bridgehead atoms. The highest BCUT2D eigenvalue weighted by molar-refractivity contribution is 8.01. The van der Waals surface area contributed by atoms with E-state index in [9.17, 15) is 4.79 Å². The summed E-state index contributed by atoms with van der Waals surface area (Å²) in [6, 6.07) is 2.37. The van der Waals surface area contributed by atoms with Crippen molar-refractivity contribution >= 4 is 40.1 Å². The first-order chi connectivity index (χ1) is 12.3. The lowest BCUT2D eigenvalue weighted by Crippen LogP contribution is -2.49. The molecule has 132 valence electrons. The van der Waals surface area contributed by atoms with Crippen molar-refractivity contribution in [1.82, 2.24) is 25.1 Å². The van der Waals surface area contributed by atoms with Crippen LogP contribution < -0.4 is 10.2 Å². The van der Waals surface area contributed by atoms with Gasteiger partial charge in [-0.1, -0.05) is 23.1 Å². The molecule has 1 aliphatic heterocycles. The summed E-state index contributed by atoms with van der Waals surface area (Å²) in [4.78, 5) is 24.9. The minimum Gasteiger partial charge on any atom is -0.357 e. The average Bonchev–Trinajstić information content (AvgIpc) is 3.37. The predicted octanol–water partition coefficient (Wildman–Crippen LogP) is 1.34. The molecule has 8 nitrogen and oxygen atoms in total. The number of amides is 1. The van der Waals surface area contributed by atoms with Crippen LogP contribution in [0.2, 0.25) is 0 Å². The van der Waals surface area contributed by atoms with Gasteiger partial charge in [0.15, 0.2) is 4.34 Å². The molecule has 1 saturated carbocycles. The van der Waals surface area contributed by atoms with E-state index >= 15 is 0 Å². The summed E-state index contributed by atoms with van der Waals surface area (Å²) in [6.07, 6.45) is 5.90. The second kappa shape index (κ2) is 7.52. The highest BCUT2D eigenvalue weighted by Gasteiger charge is 2.24. The molecule has 2 fully saturated rings. The van der Waals surface area contributed by atoms with Gasteiger partial charge in [-0.15, -0.1) is 10.2 Å². The van der Waals surface area contributed by atoms with Gasteiger partial charge in [-0.05, 0) is 18.9 Å². The standard InChI is InChI=1S/C15H19N7OS2/c23-12(10-24-15-20-19-14(25-15)18-11-2-3-11)21-6-8-22(9-7-21)13-16-4-1-5-17-13/h1,4-5,11H,2-3,6-10H2,(H,18,19). The second-order valence-corrected chi connectivity index (χ2v) is 8.20. The zero-order valence-electron chi connectivity index (χ0n) is 13.7. The molecule has 1 aliphatic carbocycles. The number of anilines is 2. The van der Waals surface area contributed by atoms with Crippen LogP contribution >= 0.6 is 23.1 Å². The molecule has 2 aromatic heterocycles. The number of hydrogen-bond donors (Lipinski definition) is 1. The summed E-state index contributed by atoms with van der Waals surface area (Å²) < 4.78 is 0.841. The SMILES string of the molecule is O=C(CSc1nnc(NC2CC2)s1)N1CCN(c2ncccn2)CC1. The van der Waals surface area contributed by atoms with Crippen LogP contribution in [0.15, 0.2) is 22.8 Å². The summed E-state index contributed by atoms with van der Waals surface area (Å²) in [7, 11) is 0. The van der Waals surface area contributed by atoms with E-state index in [2.05, 4.69) is 30.4 Å². The molecular weight excluding hydrogens is 358 g/mol. The van der Waals surface area contributed by atoms with Crippen LogP contribution in [0.25, 0.3) is 0 Å². The number of carbonyl (C=O) groups is 1. The molecule has 2 aromatic rings. The minimum atomic E-state index is 0.144. The highest BCUT2D eigenvalue weighted by Crippen LogP contribution is 2.30. The lowest BCUT2D eigenvalue weighted by Gasteiger charge is -2.34. The third-order valence-corrected chi connectivity index (χ3v) is 6.07. The lowest BCUT2D eigenvalue weighted by molar-refractivity contribution is -0.128. The van der Waals surface area contributed by atoms with Gasteiger partial charge in [0.1, 0.15) is 0 Å². The summed E-state index contributed by atoms with van der Waals surface area (Å²) in [6.45, 7) is 2.91. The Kier molecular flexibility index (Phi) is 4.97. The van der Waals surface area contributed by atoms with Gasteiger partial charge >= 0.3 is 0 Å². The van der Waals surface area contributed by atoms with Crippen molar-refractivity contribution in [3.8, 4) is 0 Å². The fraction of sp³-hybridized carbons (Fsp3) is 0.533. The maximum absolute atomic E-state index is 12.4. The molecule has 3 heterocycles. The molecule has 1 N–H and O–H groups in total. The third-order valence-electron chi connectivity index (χ3n) is 4.10. The van der Waals surface area contributed by atoms with Gasteiger partial charge in [0.2, 0.25) is 17.0 Å². The molecule has 4 rings (SSSR count). The topological polar surface area (TPSA) is 87.1 Å². The molecule has 2 aliphatic rings. The zero-order chi connectivity index (χ0) is 17.1. The van der Waals surface area contributed by atoms with E-state index in [1.807, 2.05) is 4.90 Å². The van der Waals surface area contributed by atoms with Crippen LogP contribution in [0.1, 0.15) is 12.8 Å². The number of rotatable bonds is 6. The molecule has 0 unspecified atom stereocenters. The van der Waals surface area contributed by atoms with E-state index in [1.54, 1.807) is 18.5 Å². The molecule has 1 saturated heterocycles. The Labute approximate surface area is 154 Å². The van der Waals surface area contributed by atoms with Crippen molar-refractivity contribution in [1.29, 1.82) is 0 Å². The van der Waals surface area contributed by atoms with Crippen molar-refractivity contribution in [3.05, 3.63) is 18.5 Å². The summed E-state index contributed by atoms with van der Waals surface area (Å²) in [5.74, 6) is 1.28. The zero-order valence-corrected chi connectivity index (χ0v) is 15.3. The van der Waals surface area contributed by atoms with Gasteiger partial charge in [-0.3, -0.25) is 4.79 Å².